The van der Waals surface area contributed by atoms with Gasteiger partial charge in [-0.05, 0) is 55.4 Å². The van der Waals surface area contributed by atoms with Gasteiger partial charge >= 0.3 is 0 Å². The fourth-order valence-electron chi connectivity index (χ4n) is 5.13. The molecular weight excluding hydrogens is 430 g/mol. The van der Waals surface area contributed by atoms with Gasteiger partial charge < -0.3 is 4.90 Å². The molecule has 1 saturated heterocycles. The van der Waals surface area contributed by atoms with Crippen molar-refractivity contribution in [3.8, 4) is 0 Å². The quantitative estimate of drug-likeness (QED) is 0.604. The summed E-state index contributed by atoms with van der Waals surface area (Å²) < 4.78 is 50.1. The van der Waals surface area contributed by atoms with Crippen LogP contribution in [0.4, 0.5) is 14.5 Å². The van der Waals surface area contributed by atoms with Crippen LogP contribution in [0.1, 0.15) is 37.3 Å². The van der Waals surface area contributed by atoms with E-state index < -0.39 is 22.2 Å². The molecule has 7 heteroatoms. The number of hydrogen-bond acceptors (Lipinski definition) is 4. The molecule has 0 unspecified atom stereocenters. The zero-order valence-electron chi connectivity index (χ0n) is 18.5. The Balaban J connectivity index is 1.50. The summed E-state index contributed by atoms with van der Waals surface area (Å²) in [5.74, 6) is 0.0199. The lowest BCUT2D eigenvalue weighted by atomic mass is 9.81. The number of halogens is 2. The van der Waals surface area contributed by atoms with E-state index in [4.69, 9.17) is 0 Å². The van der Waals surface area contributed by atoms with Crippen molar-refractivity contribution in [1.82, 2.24) is 4.90 Å². The third-order valence-corrected chi connectivity index (χ3v) is 8.14. The van der Waals surface area contributed by atoms with E-state index in [2.05, 4.69) is 21.9 Å². The molecule has 0 radical (unpaired) electrons. The Kier molecular flexibility index (Phi) is 7.15. The van der Waals surface area contributed by atoms with E-state index in [1.807, 2.05) is 24.3 Å². The molecule has 2 aromatic rings. The van der Waals surface area contributed by atoms with Crippen LogP contribution < -0.4 is 4.90 Å². The van der Waals surface area contributed by atoms with Crippen molar-refractivity contribution in [2.75, 3.05) is 37.3 Å². The Morgan fingerprint density at radius 1 is 0.969 bits per heavy atom. The fourth-order valence-corrected chi connectivity index (χ4v) is 5.79. The number of piperazine rings is 1. The first-order valence-electron chi connectivity index (χ1n) is 11.4. The van der Waals surface area contributed by atoms with Crippen molar-refractivity contribution >= 4 is 15.5 Å². The molecule has 0 aromatic heterocycles. The summed E-state index contributed by atoms with van der Waals surface area (Å²) in [4.78, 5) is 5.10. The molecule has 32 heavy (non-hydrogen) atoms. The third-order valence-electron chi connectivity index (χ3n) is 7.03. The molecule has 2 fully saturated rings. The van der Waals surface area contributed by atoms with E-state index in [9.17, 15) is 17.2 Å². The number of rotatable bonds is 6. The number of nitrogens with zero attached hydrogens (tertiary/aromatic N) is 2. The average molecular weight is 463 g/mol. The molecule has 174 valence electrons. The number of anilines is 1. The fraction of sp³-hybridized carbons (Fsp3) is 0.520. The molecule has 2 aromatic carbocycles. The normalized spacial score (nSPS) is 25.2. The molecular formula is C25H32F2N2O2S. The summed E-state index contributed by atoms with van der Waals surface area (Å²) in [6.07, 6.45) is 2.02. The van der Waals surface area contributed by atoms with E-state index in [-0.39, 0.29) is 6.04 Å². The summed E-state index contributed by atoms with van der Waals surface area (Å²) in [5, 5.41) is 0. The number of sulfone groups is 1. The number of alkyl halides is 2. The van der Waals surface area contributed by atoms with E-state index in [1.54, 1.807) is 18.2 Å². The Bertz CT molecular complexity index is 992. The van der Waals surface area contributed by atoms with E-state index >= 15 is 0 Å². The standard InChI is InChI=1S/C25H32F2N2O2S/c1-32(30,31)23-9-5-8-22(16-23)28-14-15-29(24(18-28)20-6-3-2-4-7-20)17-19-10-12-21(13-11-19)25(26)27/h2-9,16,19,21,24-25H,10-15,17-18H2,1H3/t19?,21?,24-/m1/s1. The van der Waals surface area contributed by atoms with Crippen LogP contribution in [0.25, 0.3) is 0 Å². The van der Waals surface area contributed by atoms with Crippen LogP contribution in [0.5, 0.6) is 0 Å². The lowest BCUT2D eigenvalue weighted by molar-refractivity contribution is 0.0378. The van der Waals surface area contributed by atoms with Crippen molar-refractivity contribution in [3.05, 3.63) is 60.2 Å². The minimum absolute atomic E-state index is 0.180. The lowest BCUT2D eigenvalue weighted by Gasteiger charge is -2.44. The Hall–Kier alpha value is -1.99. The summed E-state index contributed by atoms with van der Waals surface area (Å²) in [5.41, 5.74) is 2.16. The molecule has 4 rings (SSSR count). The summed E-state index contributed by atoms with van der Waals surface area (Å²) in [6, 6.07) is 17.7. The molecule has 2 aliphatic rings. The monoisotopic (exact) mass is 462 g/mol. The highest BCUT2D eigenvalue weighted by Crippen LogP contribution is 2.36. The molecule has 0 N–H and O–H groups in total. The molecule has 1 atom stereocenters. The van der Waals surface area contributed by atoms with Gasteiger partial charge in [-0.3, -0.25) is 4.90 Å². The topological polar surface area (TPSA) is 40.6 Å². The lowest BCUT2D eigenvalue weighted by Crippen LogP contribution is -2.50. The summed E-state index contributed by atoms with van der Waals surface area (Å²) in [7, 11) is -3.26. The van der Waals surface area contributed by atoms with E-state index in [0.29, 0.717) is 23.7 Å². The second kappa shape index (κ2) is 9.87. The van der Waals surface area contributed by atoms with Crippen molar-refractivity contribution in [3.63, 3.8) is 0 Å². The maximum Gasteiger partial charge on any atom is 0.241 e. The van der Waals surface area contributed by atoms with E-state index in [0.717, 1.165) is 44.7 Å². The molecule has 4 nitrogen and oxygen atoms in total. The predicted molar refractivity (Wildman–Crippen MR) is 124 cm³/mol. The maximum atomic E-state index is 13.0. The molecule has 1 aliphatic carbocycles. The van der Waals surface area contributed by atoms with Gasteiger partial charge in [-0.2, -0.15) is 0 Å². The van der Waals surface area contributed by atoms with Crippen molar-refractivity contribution in [2.24, 2.45) is 11.8 Å². The van der Waals surface area contributed by atoms with E-state index in [1.165, 1.54) is 11.8 Å². The molecule has 0 spiro atoms. The minimum atomic E-state index is -3.26. The average Bonchev–Trinajstić information content (AvgIpc) is 2.80. The van der Waals surface area contributed by atoms with Gasteiger partial charge in [-0.1, -0.05) is 36.4 Å². The Morgan fingerprint density at radius 3 is 2.34 bits per heavy atom. The second-order valence-corrected chi connectivity index (χ2v) is 11.3. The van der Waals surface area contributed by atoms with Crippen LogP contribution in [0, 0.1) is 11.8 Å². The SMILES string of the molecule is CS(=O)(=O)c1cccc(N2CCN(CC3CCC(C(F)F)CC3)[C@@H](c3ccccc3)C2)c1. The second-order valence-electron chi connectivity index (χ2n) is 9.25. The highest BCUT2D eigenvalue weighted by molar-refractivity contribution is 7.90. The van der Waals surface area contributed by atoms with Crippen molar-refractivity contribution < 1.29 is 17.2 Å². The molecule has 0 bridgehead atoms. The van der Waals surface area contributed by atoms with Crippen molar-refractivity contribution in [2.45, 2.75) is 43.0 Å². The Labute approximate surface area is 190 Å². The van der Waals surface area contributed by atoms with Gasteiger partial charge in [0, 0.05) is 44.0 Å². The Morgan fingerprint density at radius 2 is 1.69 bits per heavy atom. The molecule has 1 saturated carbocycles. The first kappa shape index (κ1) is 23.2. The van der Waals surface area contributed by atoms with Gasteiger partial charge in [0.15, 0.2) is 9.84 Å². The van der Waals surface area contributed by atoms with Gasteiger partial charge in [-0.15, -0.1) is 0 Å². The molecule has 1 aliphatic heterocycles. The number of benzene rings is 2. The first-order valence-corrected chi connectivity index (χ1v) is 13.3. The van der Waals surface area contributed by atoms with Crippen LogP contribution >= 0.6 is 0 Å². The summed E-state index contributed by atoms with van der Waals surface area (Å²) in [6.45, 7) is 3.36. The van der Waals surface area contributed by atoms with Gasteiger partial charge in [0.1, 0.15) is 0 Å². The molecule has 0 amide bonds. The minimum Gasteiger partial charge on any atom is -0.368 e. The predicted octanol–water partition coefficient (Wildman–Crippen LogP) is 5.02. The first-order chi connectivity index (χ1) is 15.3. The van der Waals surface area contributed by atoms with Crippen LogP contribution in [0.3, 0.4) is 0 Å². The number of hydrogen-bond donors (Lipinski definition) is 0. The van der Waals surface area contributed by atoms with Gasteiger partial charge in [0.2, 0.25) is 6.43 Å². The van der Waals surface area contributed by atoms with Crippen LogP contribution in [-0.4, -0.2) is 52.2 Å². The van der Waals surface area contributed by atoms with Gasteiger partial charge in [0.05, 0.1) is 10.9 Å². The van der Waals surface area contributed by atoms with Crippen LogP contribution in [0.2, 0.25) is 0 Å². The van der Waals surface area contributed by atoms with Crippen molar-refractivity contribution in [1.29, 1.82) is 0 Å². The maximum absolute atomic E-state index is 13.0. The van der Waals surface area contributed by atoms with Gasteiger partial charge in [-0.25, -0.2) is 17.2 Å². The largest absolute Gasteiger partial charge is 0.368 e. The third kappa shape index (κ3) is 5.49. The zero-order valence-corrected chi connectivity index (χ0v) is 19.4. The van der Waals surface area contributed by atoms with Gasteiger partial charge in [0.25, 0.3) is 0 Å². The summed E-state index contributed by atoms with van der Waals surface area (Å²) >= 11 is 0. The highest BCUT2D eigenvalue weighted by atomic mass is 32.2. The zero-order chi connectivity index (χ0) is 22.7. The molecule has 1 heterocycles. The highest BCUT2D eigenvalue weighted by Gasteiger charge is 2.33. The van der Waals surface area contributed by atoms with Crippen LogP contribution in [-0.2, 0) is 9.84 Å². The smallest absolute Gasteiger partial charge is 0.241 e. The van der Waals surface area contributed by atoms with Crippen LogP contribution in [0.15, 0.2) is 59.5 Å².